The zero-order chi connectivity index (χ0) is 19.3. The summed E-state index contributed by atoms with van der Waals surface area (Å²) in [4.78, 5) is 14.8. The molecule has 1 aromatic carbocycles. The molecule has 0 fully saturated rings. The van der Waals surface area contributed by atoms with E-state index in [9.17, 15) is 9.18 Å². The molecule has 4 heteroatoms. The predicted octanol–water partition coefficient (Wildman–Crippen LogP) is 5.10. The maximum atomic E-state index is 13.5. The van der Waals surface area contributed by atoms with Crippen LogP contribution in [0.25, 0.3) is 0 Å². The lowest BCUT2D eigenvalue weighted by Crippen LogP contribution is -2.36. The molecule has 1 amide bonds. The Labute approximate surface area is 156 Å². The van der Waals surface area contributed by atoms with E-state index >= 15 is 0 Å². The van der Waals surface area contributed by atoms with Crippen molar-refractivity contribution in [1.29, 1.82) is 0 Å². The van der Waals surface area contributed by atoms with E-state index < -0.39 is 0 Å². The van der Waals surface area contributed by atoms with Crippen molar-refractivity contribution in [1.82, 2.24) is 9.47 Å². The molecule has 2 aromatic rings. The Morgan fingerprint density at radius 2 is 1.92 bits per heavy atom. The Morgan fingerprint density at radius 3 is 2.54 bits per heavy atom. The van der Waals surface area contributed by atoms with Crippen molar-refractivity contribution in [3.63, 3.8) is 0 Å². The minimum absolute atomic E-state index is 0.0319. The number of hydrogen-bond donors (Lipinski definition) is 0. The fourth-order valence-corrected chi connectivity index (χ4v) is 3.04. The third kappa shape index (κ3) is 6.32. The van der Waals surface area contributed by atoms with Crippen molar-refractivity contribution >= 4 is 5.91 Å². The van der Waals surface area contributed by atoms with Gasteiger partial charge in [0.15, 0.2) is 0 Å². The van der Waals surface area contributed by atoms with Crippen LogP contribution in [0.1, 0.15) is 52.3 Å². The van der Waals surface area contributed by atoms with E-state index in [0.29, 0.717) is 25.4 Å². The lowest BCUT2D eigenvalue weighted by molar-refractivity contribution is -0.134. The molecule has 0 N–H and O–H groups in total. The minimum Gasteiger partial charge on any atom is -0.345 e. The van der Waals surface area contributed by atoms with E-state index in [1.807, 2.05) is 29.3 Å². The molecular weight excluding hydrogens is 327 g/mol. The summed E-state index contributed by atoms with van der Waals surface area (Å²) in [7, 11) is 0. The molecule has 0 spiro atoms. The summed E-state index contributed by atoms with van der Waals surface area (Å²) in [6, 6.07) is 10.7. The SMILES string of the molecule is CC(C)CN(Cc1cccn1Cc1cccc(F)c1)C(=O)CC(C)(C)C. The van der Waals surface area contributed by atoms with Crippen LogP contribution in [0.5, 0.6) is 0 Å². The fourth-order valence-electron chi connectivity index (χ4n) is 3.04. The van der Waals surface area contributed by atoms with E-state index in [2.05, 4.69) is 39.2 Å². The number of halogens is 1. The van der Waals surface area contributed by atoms with Gasteiger partial charge in [-0.05, 0) is 41.2 Å². The smallest absolute Gasteiger partial charge is 0.223 e. The van der Waals surface area contributed by atoms with Gasteiger partial charge in [-0.25, -0.2) is 4.39 Å². The first-order valence-corrected chi connectivity index (χ1v) is 9.30. The zero-order valence-corrected chi connectivity index (χ0v) is 16.6. The topological polar surface area (TPSA) is 25.2 Å². The molecule has 0 unspecified atom stereocenters. The average Bonchev–Trinajstić information content (AvgIpc) is 2.91. The highest BCUT2D eigenvalue weighted by Gasteiger charge is 2.22. The highest BCUT2D eigenvalue weighted by Crippen LogP contribution is 2.21. The lowest BCUT2D eigenvalue weighted by atomic mass is 9.91. The van der Waals surface area contributed by atoms with E-state index in [-0.39, 0.29) is 17.1 Å². The molecule has 0 aliphatic heterocycles. The largest absolute Gasteiger partial charge is 0.345 e. The summed E-state index contributed by atoms with van der Waals surface area (Å²) in [6.45, 7) is 12.4. The summed E-state index contributed by atoms with van der Waals surface area (Å²) in [5.41, 5.74) is 1.95. The van der Waals surface area contributed by atoms with Crippen LogP contribution >= 0.6 is 0 Å². The molecule has 0 aliphatic rings. The van der Waals surface area contributed by atoms with Crippen LogP contribution < -0.4 is 0 Å². The standard InChI is InChI=1S/C22H31FN2O/c1-17(2)14-25(21(26)13-22(3,4)5)16-20-10-7-11-24(20)15-18-8-6-9-19(23)12-18/h6-12,17H,13-16H2,1-5H3. The second-order valence-electron chi connectivity index (χ2n) is 8.66. The monoisotopic (exact) mass is 358 g/mol. The van der Waals surface area contributed by atoms with E-state index in [0.717, 1.165) is 17.8 Å². The fraction of sp³-hybridized carbons (Fsp3) is 0.500. The molecule has 0 radical (unpaired) electrons. The maximum Gasteiger partial charge on any atom is 0.223 e. The molecule has 142 valence electrons. The van der Waals surface area contributed by atoms with Gasteiger partial charge in [-0.3, -0.25) is 4.79 Å². The molecule has 1 heterocycles. The molecule has 2 rings (SSSR count). The number of hydrogen-bond acceptors (Lipinski definition) is 1. The van der Waals surface area contributed by atoms with Crippen molar-refractivity contribution in [2.24, 2.45) is 11.3 Å². The number of rotatable bonds is 7. The lowest BCUT2D eigenvalue weighted by Gasteiger charge is -2.28. The average molecular weight is 359 g/mol. The summed E-state index contributed by atoms with van der Waals surface area (Å²) >= 11 is 0. The third-order valence-electron chi connectivity index (χ3n) is 4.14. The number of amides is 1. The van der Waals surface area contributed by atoms with Gasteiger partial charge >= 0.3 is 0 Å². The summed E-state index contributed by atoms with van der Waals surface area (Å²) in [5, 5.41) is 0. The first-order valence-electron chi connectivity index (χ1n) is 9.30. The number of benzene rings is 1. The summed E-state index contributed by atoms with van der Waals surface area (Å²) in [5.74, 6) is 0.369. The second-order valence-corrected chi connectivity index (χ2v) is 8.66. The highest BCUT2D eigenvalue weighted by molar-refractivity contribution is 5.76. The van der Waals surface area contributed by atoms with Crippen LogP contribution in [0, 0.1) is 17.2 Å². The molecule has 0 atom stereocenters. The van der Waals surface area contributed by atoms with Crippen LogP contribution in [-0.4, -0.2) is 21.9 Å². The van der Waals surface area contributed by atoms with E-state index in [1.54, 1.807) is 12.1 Å². The molecule has 0 aliphatic carbocycles. The van der Waals surface area contributed by atoms with Gasteiger partial charge in [-0.15, -0.1) is 0 Å². The van der Waals surface area contributed by atoms with Gasteiger partial charge in [0.25, 0.3) is 0 Å². The number of carbonyl (C=O) groups is 1. The van der Waals surface area contributed by atoms with Crippen LogP contribution in [0.3, 0.4) is 0 Å². The summed E-state index contributed by atoms with van der Waals surface area (Å²) in [6.07, 6.45) is 2.52. The van der Waals surface area contributed by atoms with Gasteiger partial charge in [0, 0.05) is 31.4 Å². The van der Waals surface area contributed by atoms with Crippen molar-refractivity contribution in [3.05, 3.63) is 59.7 Å². The van der Waals surface area contributed by atoms with Crippen molar-refractivity contribution < 1.29 is 9.18 Å². The van der Waals surface area contributed by atoms with Gasteiger partial charge in [0.05, 0.1) is 6.54 Å². The maximum absolute atomic E-state index is 13.5. The molecule has 3 nitrogen and oxygen atoms in total. The number of carbonyl (C=O) groups excluding carboxylic acids is 1. The Hall–Kier alpha value is -2.10. The zero-order valence-electron chi connectivity index (χ0n) is 16.6. The Bertz CT molecular complexity index is 728. The Kier molecular flexibility index (Phi) is 6.63. The van der Waals surface area contributed by atoms with Gasteiger partial charge in [-0.2, -0.15) is 0 Å². The second kappa shape index (κ2) is 8.52. The number of aromatic nitrogens is 1. The van der Waals surface area contributed by atoms with Crippen LogP contribution in [0.15, 0.2) is 42.6 Å². The summed E-state index contributed by atoms with van der Waals surface area (Å²) < 4.78 is 15.5. The highest BCUT2D eigenvalue weighted by atomic mass is 19.1. The molecule has 26 heavy (non-hydrogen) atoms. The normalized spacial score (nSPS) is 11.8. The minimum atomic E-state index is -0.224. The quantitative estimate of drug-likeness (QED) is 0.676. The van der Waals surface area contributed by atoms with Gasteiger partial charge < -0.3 is 9.47 Å². The molecule has 0 saturated carbocycles. The van der Waals surface area contributed by atoms with Crippen LogP contribution in [-0.2, 0) is 17.9 Å². The van der Waals surface area contributed by atoms with Crippen LogP contribution in [0.4, 0.5) is 4.39 Å². The van der Waals surface area contributed by atoms with Crippen molar-refractivity contribution in [2.45, 2.75) is 54.1 Å². The predicted molar refractivity (Wildman–Crippen MR) is 104 cm³/mol. The van der Waals surface area contributed by atoms with Crippen molar-refractivity contribution in [3.8, 4) is 0 Å². The number of nitrogens with zero attached hydrogens (tertiary/aromatic N) is 2. The third-order valence-corrected chi connectivity index (χ3v) is 4.14. The van der Waals surface area contributed by atoms with E-state index in [4.69, 9.17) is 0 Å². The molecule has 1 aromatic heterocycles. The molecule has 0 bridgehead atoms. The Morgan fingerprint density at radius 1 is 1.19 bits per heavy atom. The first-order chi connectivity index (χ1) is 12.1. The first kappa shape index (κ1) is 20.2. The van der Waals surface area contributed by atoms with E-state index in [1.165, 1.54) is 6.07 Å². The van der Waals surface area contributed by atoms with Gasteiger partial charge in [0.2, 0.25) is 5.91 Å². The molecule has 0 saturated heterocycles. The van der Waals surface area contributed by atoms with Gasteiger partial charge in [-0.1, -0.05) is 46.8 Å². The van der Waals surface area contributed by atoms with Gasteiger partial charge in [0.1, 0.15) is 5.82 Å². The molecular formula is C22H31FN2O. The van der Waals surface area contributed by atoms with Crippen molar-refractivity contribution in [2.75, 3.05) is 6.54 Å². The Balaban J connectivity index is 2.15. The van der Waals surface area contributed by atoms with Crippen LogP contribution in [0.2, 0.25) is 0 Å².